The Labute approximate surface area is 129 Å². The number of hydrogen-bond acceptors (Lipinski definition) is 3. The van der Waals surface area contributed by atoms with Crippen LogP contribution in [0.2, 0.25) is 0 Å². The summed E-state index contributed by atoms with van der Waals surface area (Å²) >= 11 is 0. The van der Waals surface area contributed by atoms with Crippen LogP contribution in [0.5, 0.6) is 0 Å². The van der Waals surface area contributed by atoms with Gasteiger partial charge in [-0.1, -0.05) is 12.8 Å². The van der Waals surface area contributed by atoms with Crippen LogP contribution in [0.15, 0.2) is 0 Å². The largest absolute Gasteiger partial charge is 0.314 e. The first-order valence-corrected chi connectivity index (χ1v) is 9.45. The third kappa shape index (κ3) is 4.86. The highest BCUT2D eigenvalue weighted by atomic mass is 35.5. The summed E-state index contributed by atoms with van der Waals surface area (Å²) in [6.45, 7) is 2.57. The van der Waals surface area contributed by atoms with Crippen molar-refractivity contribution < 1.29 is 8.42 Å². The van der Waals surface area contributed by atoms with Crippen LogP contribution in [0, 0.1) is 11.8 Å². The molecule has 20 heavy (non-hydrogen) atoms. The molecule has 1 heterocycles. The van der Waals surface area contributed by atoms with Crippen molar-refractivity contribution in [2.24, 2.45) is 11.8 Å². The van der Waals surface area contributed by atoms with Crippen LogP contribution < -0.4 is 5.32 Å². The minimum absolute atomic E-state index is 0. The lowest BCUT2D eigenvalue weighted by Crippen LogP contribution is -2.46. The fourth-order valence-electron chi connectivity index (χ4n) is 2.84. The van der Waals surface area contributed by atoms with Gasteiger partial charge in [-0.3, -0.25) is 0 Å². The molecule has 3 rings (SSSR count). The summed E-state index contributed by atoms with van der Waals surface area (Å²) in [5.74, 6) is 1.98. The van der Waals surface area contributed by atoms with Crippen LogP contribution in [0.1, 0.15) is 44.9 Å². The van der Waals surface area contributed by atoms with E-state index >= 15 is 0 Å². The molecule has 4 nitrogen and oxygen atoms in total. The summed E-state index contributed by atoms with van der Waals surface area (Å²) in [5.41, 5.74) is 0. The molecule has 118 valence electrons. The van der Waals surface area contributed by atoms with E-state index in [2.05, 4.69) is 5.32 Å². The second kappa shape index (κ2) is 6.95. The molecular weight excluding hydrogens is 296 g/mol. The second-order valence-electron chi connectivity index (χ2n) is 6.57. The first-order chi connectivity index (χ1) is 9.13. The van der Waals surface area contributed by atoms with Crippen molar-refractivity contribution in [3.8, 4) is 0 Å². The van der Waals surface area contributed by atoms with Gasteiger partial charge in [-0.25, -0.2) is 12.7 Å². The van der Waals surface area contributed by atoms with Crippen LogP contribution in [0.25, 0.3) is 0 Å². The smallest absolute Gasteiger partial charge is 0.214 e. The molecule has 0 aromatic heterocycles. The lowest BCUT2D eigenvalue weighted by Gasteiger charge is -2.31. The van der Waals surface area contributed by atoms with E-state index in [0.29, 0.717) is 17.7 Å². The maximum absolute atomic E-state index is 12.2. The number of sulfonamides is 1. The van der Waals surface area contributed by atoms with Gasteiger partial charge in [-0.2, -0.15) is 0 Å². The van der Waals surface area contributed by atoms with Gasteiger partial charge < -0.3 is 5.32 Å². The fourth-order valence-corrected chi connectivity index (χ4v) is 4.50. The molecule has 0 aromatic rings. The highest BCUT2D eigenvalue weighted by molar-refractivity contribution is 7.89. The molecule has 6 heteroatoms. The molecule has 3 fully saturated rings. The van der Waals surface area contributed by atoms with Gasteiger partial charge in [0.1, 0.15) is 0 Å². The molecule has 2 saturated carbocycles. The number of nitrogens with one attached hydrogen (secondary N) is 1. The zero-order valence-electron chi connectivity index (χ0n) is 12.1. The van der Waals surface area contributed by atoms with Gasteiger partial charge in [-0.05, 0) is 50.5 Å². The number of hydrogen-bond donors (Lipinski definition) is 1. The molecule has 0 spiro atoms. The summed E-state index contributed by atoms with van der Waals surface area (Å²) in [4.78, 5) is 0. The van der Waals surface area contributed by atoms with Crippen molar-refractivity contribution >= 4 is 22.4 Å². The van der Waals surface area contributed by atoms with E-state index in [1.807, 2.05) is 0 Å². The molecule has 0 unspecified atom stereocenters. The van der Waals surface area contributed by atoms with Crippen LogP contribution in [0.4, 0.5) is 0 Å². The van der Waals surface area contributed by atoms with Crippen LogP contribution >= 0.6 is 12.4 Å². The number of rotatable bonds is 7. The van der Waals surface area contributed by atoms with Crippen molar-refractivity contribution in [1.29, 1.82) is 0 Å². The number of nitrogens with zero attached hydrogens (tertiary/aromatic N) is 1. The van der Waals surface area contributed by atoms with Crippen molar-refractivity contribution in [3.63, 3.8) is 0 Å². The average molecular weight is 323 g/mol. The van der Waals surface area contributed by atoms with Crippen LogP contribution in [-0.2, 0) is 10.0 Å². The summed E-state index contributed by atoms with van der Waals surface area (Å²) in [6.07, 6.45) is 8.07. The Morgan fingerprint density at radius 1 is 0.950 bits per heavy atom. The summed E-state index contributed by atoms with van der Waals surface area (Å²) in [5, 5.41) is 3.59. The topological polar surface area (TPSA) is 49.4 Å². The van der Waals surface area contributed by atoms with Crippen LogP contribution in [-0.4, -0.2) is 44.2 Å². The Morgan fingerprint density at radius 2 is 1.55 bits per heavy atom. The standard InChI is InChI=1S/C14H26N2O2S.ClH/c17-19(18,10-7-12-1-2-12)16-8-5-14(6-9-16)15-11-13-3-4-13;/h12-15H,1-11H2;1H. The van der Waals surface area contributed by atoms with E-state index in [0.717, 1.165) is 44.8 Å². The van der Waals surface area contributed by atoms with Gasteiger partial charge in [0, 0.05) is 19.1 Å². The molecule has 0 amide bonds. The summed E-state index contributed by atoms with van der Waals surface area (Å²) in [7, 11) is -2.98. The maximum atomic E-state index is 12.2. The monoisotopic (exact) mass is 322 g/mol. The number of halogens is 1. The van der Waals surface area contributed by atoms with Crippen LogP contribution in [0.3, 0.4) is 0 Å². The molecule has 0 aromatic carbocycles. The molecule has 2 aliphatic carbocycles. The lowest BCUT2D eigenvalue weighted by molar-refractivity contribution is 0.287. The first kappa shape index (κ1) is 16.5. The van der Waals surface area contributed by atoms with Gasteiger partial charge in [0.2, 0.25) is 10.0 Å². The molecule has 3 aliphatic rings. The molecule has 1 aliphatic heterocycles. The van der Waals surface area contributed by atoms with E-state index in [1.54, 1.807) is 4.31 Å². The third-order valence-corrected chi connectivity index (χ3v) is 6.62. The molecule has 0 atom stereocenters. The minimum Gasteiger partial charge on any atom is -0.314 e. The Balaban J connectivity index is 0.00000147. The average Bonchev–Trinajstić information content (AvgIpc) is 3.29. The Bertz CT molecular complexity index is 399. The summed E-state index contributed by atoms with van der Waals surface area (Å²) < 4.78 is 26.1. The van der Waals surface area contributed by atoms with Gasteiger partial charge in [0.15, 0.2) is 0 Å². The predicted octanol–water partition coefficient (Wildman–Crippen LogP) is 2.00. The van der Waals surface area contributed by atoms with Gasteiger partial charge >= 0.3 is 0 Å². The SMILES string of the molecule is Cl.O=S(=O)(CCC1CC1)N1CCC(NCC2CC2)CC1. The Morgan fingerprint density at radius 3 is 2.10 bits per heavy atom. The fraction of sp³-hybridized carbons (Fsp3) is 1.00. The van der Waals surface area contributed by atoms with Crippen molar-refractivity contribution in [2.75, 3.05) is 25.4 Å². The van der Waals surface area contributed by atoms with Crippen molar-refractivity contribution in [3.05, 3.63) is 0 Å². The van der Waals surface area contributed by atoms with E-state index in [9.17, 15) is 8.42 Å². The Kier molecular flexibility index (Phi) is 5.74. The predicted molar refractivity (Wildman–Crippen MR) is 83.7 cm³/mol. The molecule has 0 bridgehead atoms. The highest BCUT2D eigenvalue weighted by Crippen LogP contribution is 2.33. The minimum atomic E-state index is -2.98. The normalized spacial score (nSPS) is 25.4. The van der Waals surface area contributed by atoms with E-state index in [-0.39, 0.29) is 12.4 Å². The first-order valence-electron chi connectivity index (χ1n) is 7.85. The Hall–Kier alpha value is 0.160. The zero-order chi connectivity index (χ0) is 13.3. The highest BCUT2D eigenvalue weighted by Gasteiger charge is 2.31. The molecule has 1 saturated heterocycles. The lowest BCUT2D eigenvalue weighted by atomic mass is 10.1. The quantitative estimate of drug-likeness (QED) is 0.780. The van der Waals surface area contributed by atoms with Crippen molar-refractivity contribution in [1.82, 2.24) is 9.62 Å². The van der Waals surface area contributed by atoms with Gasteiger partial charge in [-0.15, -0.1) is 12.4 Å². The molecule has 0 radical (unpaired) electrons. The van der Waals surface area contributed by atoms with E-state index in [1.165, 1.54) is 25.7 Å². The second-order valence-corrected chi connectivity index (χ2v) is 8.66. The van der Waals surface area contributed by atoms with Gasteiger partial charge in [0.25, 0.3) is 0 Å². The van der Waals surface area contributed by atoms with Gasteiger partial charge in [0.05, 0.1) is 5.75 Å². The number of piperidine rings is 1. The maximum Gasteiger partial charge on any atom is 0.214 e. The zero-order valence-corrected chi connectivity index (χ0v) is 13.7. The van der Waals surface area contributed by atoms with E-state index < -0.39 is 10.0 Å². The third-order valence-electron chi connectivity index (χ3n) is 4.72. The molecule has 1 N–H and O–H groups in total. The van der Waals surface area contributed by atoms with E-state index in [4.69, 9.17) is 0 Å². The molecular formula is C14H27ClN2O2S. The summed E-state index contributed by atoms with van der Waals surface area (Å²) in [6, 6.07) is 0.537. The van der Waals surface area contributed by atoms with Crippen molar-refractivity contribution in [2.45, 2.75) is 51.0 Å².